The van der Waals surface area contributed by atoms with Crippen LogP contribution in [-0.2, 0) is 0 Å². The van der Waals surface area contributed by atoms with Crippen molar-refractivity contribution < 1.29 is 0 Å². The van der Waals surface area contributed by atoms with Gasteiger partial charge in [-0.3, -0.25) is 0 Å². The van der Waals surface area contributed by atoms with Gasteiger partial charge < -0.3 is 4.90 Å². The number of aryl methyl sites for hydroxylation is 5. The van der Waals surface area contributed by atoms with E-state index in [0.29, 0.717) is 0 Å². The van der Waals surface area contributed by atoms with E-state index < -0.39 is 0 Å². The first kappa shape index (κ1) is 29.0. The summed E-state index contributed by atoms with van der Waals surface area (Å²) >= 11 is 0. The van der Waals surface area contributed by atoms with E-state index in [1.807, 2.05) is 0 Å². The molecule has 0 aromatic heterocycles. The molecule has 0 heterocycles. The molecule has 1 heteroatoms. The number of nitrogens with zero attached hydrogens (tertiary/aromatic N) is 1. The van der Waals surface area contributed by atoms with Gasteiger partial charge in [-0.05, 0) is 143 Å². The van der Waals surface area contributed by atoms with Crippen LogP contribution in [0.25, 0.3) is 54.6 Å². The van der Waals surface area contributed by atoms with Crippen molar-refractivity contribution in [3.63, 3.8) is 0 Å². The van der Waals surface area contributed by atoms with E-state index in [1.54, 1.807) is 0 Å². The number of benzene rings is 8. The number of hydrogen-bond acceptors (Lipinski definition) is 1. The van der Waals surface area contributed by atoms with Gasteiger partial charge in [-0.2, -0.15) is 0 Å². The number of hydrogen-bond donors (Lipinski definition) is 0. The second-order valence-corrected chi connectivity index (χ2v) is 13.3. The first-order valence-electron chi connectivity index (χ1n) is 16.6. The summed E-state index contributed by atoms with van der Waals surface area (Å²) in [4.78, 5) is 2.51. The fourth-order valence-corrected chi connectivity index (χ4v) is 8.03. The van der Waals surface area contributed by atoms with E-state index in [9.17, 15) is 0 Å². The lowest BCUT2D eigenvalue weighted by atomic mass is 9.91. The molecular weight excluding hydrogens is 567 g/mol. The molecule has 47 heavy (non-hydrogen) atoms. The highest BCUT2D eigenvalue weighted by atomic mass is 15.1. The fourth-order valence-electron chi connectivity index (χ4n) is 8.03. The summed E-state index contributed by atoms with van der Waals surface area (Å²) in [7, 11) is 0. The van der Waals surface area contributed by atoms with Crippen molar-refractivity contribution in [2.75, 3.05) is 4.90 Å². The molecule has 228 valence electrons. The van der Waals surface area contributed by atoms with Gasteiger partial charge in [0.25, 0.3) is 0 Å². The van der Waals surface area contributed by atoms with Crippen LogP contribution in [0.15, 0.2) is 127 Å². The van der Waals surface area contributed by atoms with Crippen LogP contribution in [0, 0.1) is 41.5 Å². The third kappa shape index (κ3) is 4.69. The van der Waals surface area contributed by atoms with Gasteiger partial charge in [0, 0.05) is 16.8 Å². The number of rotatable bonds is 5. The zero-order chi connectivity index (χ0) is 32.4. The highest BCUT2D eigenvalue weighted by Gasteiger charge is 2.23. The van der Waals surface area contributed by atoms with Crippen molar-refractivity contribution in [1.29, 1.82) is 0 Å². The van der Waals surface area contributed by atoms with Crippen LogP contribution in [0.5, 0.6) is 0 Å². The van der Waals surface area contributed by atoms with Crippen molar-refractivity contribution in [3.05, 3.63) is 161 Å². The molecule has 0 atom stereocenters. The average molecular weight is 606 g/mol. The maximum Gasteiger partial charge on any atom is 0.0540 e. The molecule has 0 aliphatic rings. The molecule has 0 saturated heterocycles. The van der Waals surface area contributed by atoms with E-state index in [2.05, 4.69) is 174 Å². The lowest BCUT2D eigenvalue weighted by Gasteiger charge is -2.31. The number of anilines is 3. The van der Waals surface area contributed by atoms with E-state index in [4.69, 9.17) is 0 Å². The Bertz CT molecular complexity index is 2440. The van der Waals surface area contributed by atoms with Gasteiger partial charge in [-0.15, -0.1) is 0 Å². The summed E-state index contributed by atoms with van der Waals surface area (Å²) in [5.41, 5.74) is 16.5. The maximum atomic E-state index is 2.51. The van der Waals surface area contributed by atoms with Crippen molar-refractivity contribution in [3.8, 4) is 22.3 Å². The summed E-state index contributed by atoms with van der Waals surface area (Å²) in [5.74, 6) is 0. The Morgan fingerprint density at radius 1 is 0.404 bits per heavy atom. The van der Waals surface area contributed by atoms with Gasteiger partial charge in [-0.25, -0.2) is 0 Å². The largest absolute Gasteiger partial charge is 0.309 e. The summed E-state index contributed by atoms with van der Waals surface area (Å²) in [5, 5.41) is 7.78. The SMILES string of the molecule is Cc1cc(C)c(-c2ccc(N(c3cccc(-c4ccccc4C)c3C)c3ccc4ccc5cccc6ccc3c4c56)c(C)c2)c(C)c1. The normalized spacial score (nSPS) is 11.6. The van der Waals surface area contributed by atoms with Gasteiger partial charge in [0.1, 0.15) is 0 Å². The monoisotopic (exact) mass is 605 g/mol. The van der Waals surface area contributed by atoms with E-state index in [1.165, 1.54) is 105 Å². The van der Waals surface area contributed by atoms with Gasteiger partial charge in [0.2, 0.25) is 0 Å². The van der Waals surface area contributed by atoms with Crippen LogP contribution in [0.4, 0.5) is 17.1 Å². The third-order valence-electron chi connectivity index (χ3n) is 10.1. The molecule has 8 rings (SSSR count). The molecule has 0 fully saturated rings. The standard InChI is InChI=1S/C46H39N/c1-28-25-31(4)44(32(5)26-28)37-21-23-41(30(3)27-37)47(42-16-10-15-39(33(42)6)38-14-8-7-11-29(38)2)43-24-20-36-18-17-34-12-9-13-35-19-22-40(43)46(36)45(34)35/h7-27H,1-6H3. The molecule has 0 radical (unpaired) electrons. The smallest absolute Gasteiger partial charge is 0.0540 e. The summed E-state index contributed by atoms with van der Waals surface area (Å²) in [6, 6.07) is 47.5. The first-order chi connectivity index (χ1) is 22.8. The van der Waals surface area contributed by atoms with Gasteiger partial charge in [-0.1, -0.05) is 109 Å². The molecule has 0 aliphatic carbocycles. The molecule has 0 amide bonds. The van der Waals surface area contributed by atoms with Gasteiger partial charge in [0.05, 0.1) is 5.69 Å². The van der Waals surface area contributed by atoms with Crippen LogP contribution >= 0.6 is 0 Å². The average Bonchev–Trinajstić information content (AvgIpc) is 3.06. The summed E-state index contributed by atoms with van der Waals surface area (Å²) in [6.07, 6.45) is 0. The Morgan fingerprint density at radius 2 is 1.02 bits per heavy atom. The predicted molar refractivity (Wildman–Crippen MR) is 204 cm³/mol. The molecule has 0 unspecified atom stereocenters. The Kier molecular flexibility index (Phi) is 6.88. The lowest BCUT2D eigenvalue weighted by Crippen LogP contribution is -2.14. The second kappa shape index (κ2) is 11.1. The zero-order valence-electron chi connectivity index (χ0n) is 28.1. The van der Waals surface area contributed by atoms with Crippen LogP contribution in [0.2, 0.25) is 0 Å². The molecule has 0 aliphatic heterocycles. The van der Waals surface area contributed by atoms with Crippen LogP contribution in [-0.4, -0.2) is 0 Å². The van der Waals surface area contributed by atoms with E-state index in [0.717, 1.165) is 0 Å². The van der Waals surface area contributed by atoms with Gasteiger partial charge in [0.15, 0.2) is 0 Å². The molecule has 0 bridgehead atoms. The van der Waals surface area contributed by atoms with Gasteiger partial charge >= 0.3 is 0 Å². The summed E-state index contributed by atoms with van der Waals surface area (Å²) < 4.78 is 0. The molecule has 1 nitrogen and oxygen atoms in total. The van der Waals surface area contributed by atoms with E-state index in [-0.39, 0.29) is 0 Å². The van der Waals surface area contributed by atoms with Crippen molar-refractivity contribution >= 4 is 49.4 Å². The lowest BCUT2D eigenvalue weighted by molar-refractivity contribution is 1.23. The second-order valence-electron chi connectivity index (χ2n) is 13.3. The summed E-state index contributed by atoms with van der Waals surface area (Å²) in [6.45, 7) is 13.4. The Hall–Kier alpha value is -5.40. The van der Waals surface area contributed by atoms with Crippen LogP contribution in [0.1, 0.15) is 33.4 Å². The first-order valence-corrected chi connectivity index (χ1v) is 16.6. The highest BCUT2D eigenvalue weighted by molar-refractivity contribution is 6.25. The third-order valence-corrected chi connectivity index (χ3v) is 10.1. The van der Waals surface area contributed by atoms with Crippen LogP contribution in [0.3, 0.4) is 0 Å². The maximum absolute atomic E-state index is 2.51. The molecule has 8 aromatic rings. The minimum absolute atomic E-state index is 1.19. The van der Waals surface area contributed by atoms with Crippen molar-refractivity contribution in [2.24, 2.45) is 0 Å². The molecule has 8 aromatic carbocycles. The predicted octanol–water partition coefficient (Wildman–Crippen LogP) is 13.2. The molecular formula is C46H39N. The molecule has 0 N–H and O–H groups in total. The Morgan fingerprint density at radius 3 is 1.74 bits per heavy atom. The minimum Gasteiger partial charge on any atom is -0.309 e. The topological polar surface area (TPSA) is 3.24 Å². The highest BCUT2D eigenvalue weighted by Crippen LogP contribution is 2.47. The van der Waals surface area contributed by atoms with Crippen molar-refractivity contribution in [2.45, 2.75) is 41.5 Å². The van der Waals surface area contributed by atoms with E-state index >= 15 is 0 Å². The zero-order valence-corrected chi connectivity index (χ0v) is 28.1. The van der Waals surface area contributed by atoms with Crippen LogP contribution < -0.4 is 4.90 Å². The molecule has 0 saturated carbocycles. The molecule has 0 spiro atoms. The Labute approximate surface area is 278 Å². The minimum atomic E-state index is 1.19. The fraction of sp³-hybridized carbons (Fsp3) is 0.130. The quantitative estimate of drug-likeness (QED) is 0.176. The van der Waals surface area contributed by atoms with Crippen molar-refractivity contribution in [1.82, 2.24) is 0 Å². The Balaban J connectivity index is 1.41.